The van der Waals surface area contributed by atoms with Crippen LogP contribution < -0.4 is 11.1 Å². The molecule has 14 heavy (non-hydrogen) atoms. The lowest BCUT2D eigenvalue weighted by atomic mass is 10.1. The van der Waals surface area contributed by atoms with E-state index in [1.54, 1.807) is 0 Å². The van der Waals surface area contributed by atoms with Crippen molar-refractivity contribution < 1.29 is 4.74 Å². The van der Waals surface area contributed by atoms with Crippen molar-refractivity contribution in [2.24, 2.45) is 0 Å². The minimum Gasteiger partial charge on any atom is -0.376 e. The number of aromatic amines is 1. The maximum Gasteiger partial charge on any atom is 0.243 e. The summed E-state index contributed by atoms with van der Waals surface area (Å²) in [6.07, 6.45) is 3.79. The Kier molecular flexibility index (Phi) is 2.83. The first-order valence-electron chi connectivity index (χ1n) is 4.88. The van der Waals surface area contributed by atoms with Gasteiger partial charge in [-0.1, -0.05) is 0 Å². The first kappa shape index (κ1) is 9.26. The molecule has 1 aliphatic rings. The van der Waals surface area contributed by atoms with Crippen LogP contribution >= 0.6 is 0 Å². The summed E-state index contributed by atoms with van der Waals surface area (Å²) in [5, 5.41) is 9.52. The van der Waals surface area contributed by atoms with Crippen LogP contribution in [0, 0.1) is 0 Å². The molecule has 6 nitrogen and oxygen atoms in total. The molecule has 0 bridgehead atoms. The van der Waals surface area contributed by atoms with Gasteiger partial charge in [-0.2, -0.15) is 4.98 Å². The predicted molar refractivity (Wildman–Crippen MR) is 52.9 cm³/mol. The van der Waals surface area contributed by atoms with Gasteiger partial charge >= 0.3 is 0 Å². The van der Waals surface area contributed by atoms with E-state index in [9.17, 15) is 0 Å². The quantitative estimate of drug-likeness (QED) is 0.651. The summed E-state index contributed by atoms with van der Waals surface area (Å²) in [5.74, 6) is 0.869. The molecule has 1 aromatic rings. The number of H-pyrrole nitrogens is 1. The molecule has 1 unspecified atom stereocenters. The second kappa shape index (κ2) is 4.28. The molecule has 0 spiro atoms. The van der Waals surface area contributed by atoms with Crippen molar-refractivity contribution in [3.05, 3.63) is 0 Å². The number of aromatic nitrogens is 3. The fourth-order valence-corrected chi connectivity index (χ4v) is 1.53. The van der Waals surface area contributed by atoms with E-state index >= 15 is 0 Å². The minimum atomic E-state index is 0.281. The molecule has 1 aliphatic heterocycles. The normalized spacial score (nSPS) is 22.1. The molecule has 2 rings (SSSR count). The van der Waals surface area contributed by atoms with Gasteiger partial charge in [-0.15, -0.1) is 5.10 Å². The molecule has 2 heterocycles. The molecule has 0 aromatic carbocycles. The Bertz CT molecular complexity index is 281. The van der Waals surface area contributed by atoms with Crippen LogP contribution in [0.3, 0.4) is 0 Å². The van der Waals surface area contributed by atoms with Gasteiger partial charge in [0.25, 0.3) is 0 Å². The highest BCUT2D eigenvalue weighted by molar-refractivity contribution is 5.29. The SMILES string of the molecule is Nc1nc(NCC2CCCCO2)n[nH]1. The summed E-state index contributed by atoms with van der Waals surface area (Å²) in [5.41, 5.74) is 5.39. The zero-order chi connectivity index (χ0) is 9.80. The summed E-state index contributed by atoms with van der Waals surface area (Å²) in [4.78, 5) is 3.94. The molecular formula is C8H15N5O. The molecule has 1 saturated heterocycles. The Balaban J connectivity index is 1.76. The van der Waals surface area contributed by atoms with Gasteiger partial charge in [-0.25, -0.2) is 5.10 Å². The molecule has 1 fully saturated rings. The molecule has 78 valence electrons. The number of hydrogen-bond donors (Lipinski definition) is 3. The van der Waals surface area contributed by atoms with E-state index in [4.69, 9.17) is 10.5 Å². The molecule has 1 aromatic heterocycles. The van der Waals surface area contributed by atoms with Crippen LogP contribution in [0.5, 0.6) is 0 Å². The zero-order valence-electron chi connectivity index (χ0n) is 7.99. The van der Waals surface area contributed by atoms with Crippen molar-refractivity contribution in [2.45, 2.75) is 25.4 Å². The predicted octanol–water partition coefficient (Wildman–Crippen LogP) is 0.368. The highest BCUT2D eigenvalue weighted by Gasteiger charge is 2.13. The van der Waals surface area contributed by atoms with Crippen LogP contribution in [0.1, 0.15) is 19.3 Å². The van der Waals surface area contributed by atoms with E-state index in [1.807, 2.05) is 0 Å². The van der Waals surface area contributed by atoms with Crippen molar-refractivity contribution in [2.75, 3.05) is 24.2 Å². The minimum absolute atomic E-state index is 0.281. The molecule has 0 aliphatic carbocycles. The monoisotopic (exact) mass is 197 g/mol. The number of nitrogens with two attached hydrogens (primary N) is 1. The Labute approximate surface area is 82.2 Å². The van der Waals surface area contributed by atoms with Crippen LogP contribution in [0.15, 0.2) is 0 Å². The lowest BCUT2D eigenvalue weighted by Gasteiger charge is -2.22. The average Bonchev–Trinajstić information content (AvgIpc) is 2.63. The van der Waals surface area contributed by atoms with Gasteiger partial charge in [0, 0.05) is 13.2 Å². The number of anilines is 2. The number of nitrogen functional groups attached to an aromatic ring is 1. The topological polar surface area (TPSA) is 88.8 Å². The average molecular weight is 197 g/mol. The van der Waals surface area contributed by atoms with Crippen LogP contribution in [0.2, 0.25) is 0 Å². The van der Waals surface area contributed by atoms with E-state index in [0.29, 0.717) is 11.9 Å². The summed E-state index contributed by atoms with van der Waals surface area (Å²) in [6.45, 7) is 1.61. The smallest absolute Gasteiger partial charge is 0.243 e. The van der Waals surface area contributed by atoms with Crippen molar-refractivity contribution in [3.63, 3.8) is 0 Å². The van der Waals surface area contributed by atoms with E-state index in [-0.39, 0.29) is 6.10 Å². The van der Waals surface area contributed by atoms with Gasteiger partial charge in [-0.05, 0) is 19.3 Å². The Morgan fingerprint density at radius 2 is 2.50 bits per heavy atom. The third kappa shape index (κ3) is 2.35. The van der Waals surface area contributed by atoms with E-state index in [2.05, 4.69) is 20.5 Å². The first-order valence-corrected chi connectivity index (χ1v) is 4.88. The Hall–Kier alpha value is -1.30. The summed E-state index contributed by atoms with van der Waals surface area (Å²) in [7, 11) is 0. The van der Waals surface area contributed by atoms with Gasteiger partial charge < -0.3 is 15.8 Å². The standard InChI is InChI=1S/C8H15N5O/c9-7-11-8(13-12-7)10-5-6-3-1-2-4-14-6/h6H,1-5H2,(H4,9,10,11,12,13). The largest absolute Gasteiger partial charge is 0.376 e. The van der Waals surface area contributed by atoms with Crippen LogP contribution in [-0.2, 0) is 4.74 Å². The molecule has 1 atom stereocenters. The number of nitrogens with one attached hydrogen (secondary N) is 2. The van der Waals surface area contributed by atoms with Crippen molar-refractivity contribution >= 4 is 11.9 Å². The molecule has 6 heteroatoms. The second-order valence-corrected chi connectivity index (χ2v) is 3.41. The van der Waals surface area contributed by atoms with Crippen molar-refractivity contribution in [1.82, 2.24) is 15.2 Å². The van der Waals surface area contributed by atoms with Crippen LogP contribution in [0.25, 0.3) is 0 Å². The molecular weight excluding hydrogens is 182 g/mol. The van der Waals surface area contributed by atoms with E-state index in [1.165, 1.54) is 12.8 Å². The number of ether oxygens (including phenoxy) is 1. The van der Waals surface area contributed by atoms with E-state index in [0.717, 1.165) is 19.6 Å². The fourth-order valence-electron chi connectivity index (χ4n) is 1.53. The third-order valence-corrected chi connectivity index (χ3v) is 2.26. The van der Waals surface area contributed by atoms with Crippen LogP contribution in [0.4, 0.5) is 11.9 Å². The third-order valence-electron chi connectivity index (χ3n) is 2.26. The maximum absolute atomic E-state index is 5.55. The molecule has 0 amide bonds. The van der Waals surface area contributed by atoms with Gasteiger partial charge in [0.1, 0.15) is 0 Å². The van der Waals surface area contributed by atoms with Crippen molar-refractivity contribution in [1.29, 1.82) is 0 Å². The summed E-state index contributed by atoms with van der Waals surface area (Å²) < 4.78 is 5.55. The zero-order valence-corrected chi connectivity index (χ0v) is 7.99. The summed E-state index contributed by atoms with van der Waals surface area (Å²) >= 11 is 0. The number of hydrogen-bond acceptors (Lipinski definition) is 5. The Morgan fingerprint density at radius 1 is 1.57 bits per heavy atom. The number of nitrogens with zero attached hydrogens (tertiary/aromatic N) is 2. The first-order chi connectivity index (χ1) is 6.84. The van der Waals surface area contributed by atoms with Gasteiger partial charge in [-0.3, -0.25) is 0 Å². The molecule has 0 radical (unpaired) electrons. The maximum atomic E-state index is 5.55. The molecule has 0 saturated carbocycles. The Morgan fingerprint density at radius 3 is 3.14 bits per heavy atom. The van der Waals surface area contributed by atoms with E-state index < -0.39 is 0 Å². The van der Waals surface area contributed by atoms with Gasteiger partial charge in [0.2, 0.25) is 11.9 Å². The molecule has 4 N–H and O–H groups in total. The second-order valence-electron chi connectivity index (χ2n) is 3.41. The van der Waals surface area contributed by atoms with Crippen LogP contribution in [-0.4, -0.2) is 34.4 Å². The lowest BCUT2D eigenvalue weighted by Crippen LogP contribution is -2.27. The van der Waals surface area contributed by atoms with Gasteiger partial charge in [0.05, 0.1) is 6.10 Å². The lowest BCUT2D eigenvalue weighted by molar-refractivity contribution is 0.0247. The van der Waals surface area contributed by atoms with Gasteiger partial charge in [0.15, 0.2) is 0 Å². The number of rotatable bonds is 3. The highest BCUT2D eigenvalue weighted by Crippen LogP contribution is 2.12. The van der Waals surface area contributed by atoms with Crippen molar-refractivity contribution in [3.8, 4) is 0 Å². The fraction of sp³-hybridized carbons (Fsp3) is 0.750. The summed E-state index contributed by atoms with van der Waals surface area (Å²) in [6, 6.07) is 0. The highest BCUT2D eigenvalue weighted by atomic mass is 16.5.